The third-order valence-corrected chi connectivity index (χ3v) is 1.09. The summed E-state index contributed by atoms with van der Waals surface area (Å²) in [4.78, 5) is 20.4. The summed E-state index contributed by atoms with van der Waals surface area (Å²) in [6.45, 7) is 0. The lowest BCUT2D eigenvalue weighted by Gasteiger charge is -2.31. The molecule has 0 aromatic heterocycles. The summed E-state index contributed by atoms with van der Waals surface area (Å²) >= 11 is -6.61. The van der Waals surface area contributed by atoms with Gasteiger partial charge in [0.25, 0.3) is 0 Å². The van der Waals surface area contributed by atoms with E-state index < -0.39 is 34.8 Å². The molecule has 0 aromatic carbocycles. The highest BCUT2D eigenvalue weighted by Crippen LogP contribution is 2.11. The van der Waals surface area contributed by atoms with Crippen molar-refractivity contribution in [2.75, 3.05) is 0 Å². The number of imide groups is 1. The van der Waals surface area contributed by atoms with E-state index in [0.29, 0.717) is 0 Å². The number of urea groups is 2. The number of rotatable bonds is 2. The second-order valence-corrected chi connectivity index (χ2v) is 2.46. The van der Waals surface area contributed by atoms with Gasteiger partial charge in [0.1, 0.15) is 22.7 Å². The van der Waals surface area contributed by atoms with Crippen LogP contribution in [-0.2, 0) is 22.7 Å². The van der Waals surface area contributed by atoms with Crippen LogP contribution in [0, 0.1) is 0 Å². The predicted octanol–water partition coefficient (Wildman–Crippen LogP) is 1.44. The molecule has 0 saturated heterocycles. The fourth-order valence-corrected chi connectivity index (χ4v) is 0.573. The van der Waals surface area contributed by atoms with E-state index in [2.05, 4.69) is 14.8 Å². The SMILES string of the molecule is O=C([N-]C(=O)[N-]S(=O)F)[N-]S(=O)F. The highest BCUT2D eigenvalue weighted by molar-refractivity contribution is 7.83. The van der Waals surface area contributed by atoms with Crippen LogP contribution in [0.1, 0.15) is 0 Å². The summed E-state index contributed by atoms with van der Waals surface area (Å²) in [5.41, 5.74) is 0. The summed E-state index contributed by atoms with van der Waals surface area (Å²) in [5, 5.41) is 2.28. The van der Waals surface area contributed by atoms with Crippen LogP contribution < -0.4 is 0 Å². The van der Waals surface area contributed by atoms with Crippen molar-refractivity contribution in [2.24, 2.45) is 0 Å². The van der Waals surface area contributed by atoms with Crippen LogP contribution in [0.25, 0.3) is 14.8 Å². The first-order valence-corrected chi connectivity index (χ1v) is 4.32. The van der Waals surface area contributed by atoms with Gasteiger partial charge in [0.15, 0.2) is 0 Å². The number of carbonyl (C=O) groups is 2. The van der Waals surface area contributed by atoms with Crippen LogP contribution in [0.3, 0.4) is 0 Å². The number of hydrogen-bond acceptors (Lipinski definition) is 4. The molecular formula is C2F2N3O4S2-3. The van der Waals surface area contributed by atoms with E-state index in [1.165, 1.54) is 0 Å². The fraction of sp³-hybridized carbons (Fsp3) is 0. The molecule has 0 aliphatic rings. The fourth-order valence-electron chi connectivity index (χ4n) is 0.245. The lowest BCUT2D eigenvalue weighted by Crippen LogP contribution is -2.01. The molecule has 11 heteroatoms. The first-order valence-electron chi connectivity index (χ1n) is 2.31. The molecule has 0 aliphatic carbocycles. The maximum absolute atomic E-state index is 11.4. The quantitative estimate of drug-likeness (QED) is 0.670. The van der Waals surface area contributed by atoms with E-state index in [1.807, 2.05) is 0 Å². The highest BCUT2D eigenvalue weighted by atomic mass is 32.2. The molecule has 0 saturated carbocycles. The predicted molar refractivity (Wildman–Crippen MR) is 39.4 cm³/mol. The molecule has 0 aliphatic heterocycles. The Morgan fingerprint density at radius 3 is 1.46 bits per heavy atom. The van der Waals surface area contributed by atoms with Crippen LogP contribution >= 0.6 is 0 Å². The smallest absolute Gasteiger partial charge is 0.130 e. The molecule has 0 bridgehead atoms. The molecule has 0 rings (SSSR count). The Balaban J connectivity index is 3.85. The molecule has 0 spiro atoms. The molecule has 0 radical (unpaired) electrons. The molecule has 0 aromatic rings. The van der Waals surface area contributed by atoms with Crippen molar-refractivity contribution in [1.29, 1.82) is 0 Å². The van der Waals surface area contributed by atoms with E-state index in [4.69, 9.17) is 0 Å². The van der Waals surface area contributed by atoms with Crippen LogP contribution in [0.2, 0.25) is 0 Å². The summed E-state index contributed by atoms with van der Waals surface area (Å²) in [6, 6.07) is -3.47. The van der Waals surface area contributed by atoms with Gasteiger partial charge in [-0.1, -0.05) is 0 Å². The van der Waals surface area contributed by atoms with Crippen LogP contribution in [-0.4, -0.2) is 20.5 Å². The Morgan fingerprint density at radius 2 is 1.23 bits per heavy atom. The van der Waals surface area contributed by atoms with Crippen molar-refractivity contribution < 1.29 is 25.8 Å². The zero-order chi connectivity index (χ0) is 10.4. The minimum absolute atomic E-state index is 1.74. The molecule has 2 unspecified atom stereocenters. The third kappa shape index (κ3) is 7.27. The molecule has 4 amide bonds. The summed E-state index contributed by atoms with van der Waals surface area (Å²) in [5.74, 6) is 0. The molecule has 76 valence electrons. The molecule has 0 N–H and O–H groups in total. The van der Waals surface area contributed by atoms with Crippen LogP contribution in [0.5, 0.6) is 0 Å². The number of hydrogen-bond donors (Lipinski definition) is 0. The van der Waals surface area contributed by atoms with Gasteiger partial charge in [0.05, 0.1) is 0 Å². The molecule has 7 nitrogen and oxygen atoms in total. The molecule has 13 heavy (non-hydrogen) atoms. The minimum atomic E-state index is -3.31. The van der Waals surface area contributed by atoms with Crippen molar-refractivity contribution >= 4 is 34.8 Å². The molecular weight excluding hydrogens is 232 g/mol. The van der Waals surface area contributed by atoms with Gasteiger partial charge in [-0.05, 0) is 12.1 Å². The van der Waals surface area contributed by atoms with Gasteiger partial charge in [-0.25, -0.2) is 8.42 Å². The third-order valence-electron chi connectivity index (χ3n) is 0.491. The molecule has 0 heterocycles. The Labute approximate surface area is 76.0 Å². The van der Waals surface area contributed by atoms with Crippen LogP contribution in [0.15, 0.2) is 0 Å². The number of nitrogens with zero attached hydrogens (tertiary/aromatic N) is 3. The van der Waals surface area contributed by atoms with E-state index in [1.54, 1.807) is 0 Å². The zero-order valence-corrected chi connectivity index (χ0v) is 7.18. The Hall–Kier alpha value is -1.10. The van der Waals surface area contributed by atoms with Gasteiger partial charge in [-0.3, -0.25) is 0 Å². The zero-order valence-electron chi connectivity index (χ0n) is 5.55. The van der Waals surface area contributed by atoms with E-state index in [-0.39, 0.29) is 0 Å². The van der Waals surface area contributed by atoms with Gasteiger partial charge in [0, 0.05) is 0 Å². The number of amides is 4. The number of halogens is 2. The molecule has 2 atom stereocenters. The first-order chi connectivity index (χ1) is 5.91. The van der Waals surface area contributed by atoms with E-state index >= 15 is 0 Å². The number of carbonyl (C=O) groups excluding carboxylic acids is 2. The van der Waals surface area contributed by atoms with Gasteiger partial charge in [-0.15, -0.1) is 7.77 Å². The van der Waals surface area contributed by atoms with Gasteiger partial charge in [0.2, 0.25) is 0 Å². The van der Waals surface area contributed by atoms with Crippen molar-refractivity contribution in [1.82, 2.24) is 0 Å². The van der Waals surface area contributed by atoms with Gasteiger partial charge < -0.3 is 24.4 Å². The van der Waals surface area contributed by atoms with E-state index in [0.717, 1.165) is 0 Å². The first kappa shape index (κ1) is 11.9. The minimum Gasteiger partial charge on any atom is -0.627 e. The van der Waals surface area contributed by atoms with E-state index in [9.17, 15) is 25.8 Å². The lowest BCUT2D eigenvalue weighted by molar-refractivity contribution is 0.257. The van der Waals surface area contributed by atoms with Crippen molar-refractivity contribution in [3.05, 3.63) is 14.8 Å². The van der Waals surface area contributed by atoms with Crippen molar-refractivity contribution in [3.8, 4) is 0 Å². The summed E-state index contributed by atoms with van der Waals surface area (Å²) in [6.07, 6.45) is 0. The van der Waals surface area contributed by atoms with Gasteiger partial charge in [-0.2, -0.15) is 0 Å². The topological polar surface area (TPSA) is 111 Å². The van der Waals surface area contributed by atoms with Crippen molar-refractivity contribution in [3.63, 3.8) is 0 Å². The Morgan fingerprint density at radius 1 is 0.923 bits per heavy atom. The second-order valence-electron chi connectivity index (χ2n) is 1.27. The maximum Gasteiger partial charge on any atom is 0.130 e. The maximum atomic E-state index is 11.4. The van der Waals surface area contributed by atoms with Crippen molar-refractivity contribution in [2.45, 2.75) is 0 Å². The largest absolute Gasteiger partial charge is 0.627 e. The summed E-state index contributed by atoms with van der Waals surface area (Å²) < 4.78 is 46.2. The lowest BCUT2D eigenvalue weighted by atomic mass is 10.9. The average Bonchev–Trinajstić information content (AvgIpc) is 1.80. The summed E-state index contributed by atoms with van der Waals surface area (Å²) in [7, 11) is 0. The van der Waals surface area contributed by atoms with Crippen LogP contribution in [0.4, 0.5) is 17.4 Å². The average molecular weight is 232 g/mol. The standard InChI is InChI=1S/C2H2F2N3O4S2/c3-12(10)6-1(8)5-2(9)7-13(4)11/h(H2-,5,6,7,8,9)/q-1/p-2. The highest BCUT2D eigenvalue weighted by Gasteiger charge is 1.82. The Bertz CT molecular complexity index is 244. The molecule has 0 fully saturated rings. The Kier molecular flexibility index (Phi) is 5.06. The monoisotopic (exact) mass is 232 g/mol. The second kappa shape index (κ2) is 5.53. The van der Waals surface area contributed by atoms with Gasteiger partial charge >= 0.3 is 0 Å². The normalized spacial score (nSPS) is 14.0.